The Morgan fingerprint density at radius 3 is 2.45 bits per heavy atom. The van der Waals surface area contributed by atoms with Crippen LogP contribution in [0.1, 0.15) is 33.7 Å². The fraction of sp³-hybridized carbons (Fsp3) is 0.391. The van der Waals surface area contributed by atoms with Crippen LogP contribution >= 0.6 is 0 Å². The van der Waals surface area contributed by atoms with Crippen LogP contribution in [0.4, 0.5) is 17.5 Å². The predicted molar refractivity (Wildman–Crippen MR) is 123 cm³/mol. The first-order valence-electron chi connectivity index (χ1n) is 10.7. The van der Waals surface area contributed by atoms with Crippen LogP contribution in [0.25, 0.3) is 21.8 Å². The highest BCUT2D eigenvalue weighted by atomic mass is 16.5. The summed E-state index contributed by atoms with van der Waals surface area (Å²) in [5.74, 6) is 1.23. The number of benzene rings is 1. The minimum atomic E-state index is 0.212. The van der Waals surface area contributed by atoms with Crippen molar-refractivity contribution in [3.63, 3.8) is 0 Å². The van der Waals surface area contributed by atoms with E-state index >= 15 is 0 Å². The lowest BCUT2D eigenvalue weighted by Crippen LogP contribution is -2.45. The molecule has 4 heterocycles. The zero-order valence-electron chi connectivity index (χ0n) is 18.3. The molecule has 8 nitrogen and oxygen atoms in total. The number of pyridine rings is 1. The largest absolute Gasteiger partial charge is 0.372 e. The van der Waals surface area contributed by atoms with Crippen LogP contribution in [0, 0.1) is 0 Å². The number of nitrogens with one attached hydrogen (secondary N) is 1. The topological polar surface area (TPSA) is 81.0 Å². The van der Waals surface area contributed by atoms with E-state index in [4.69, 9.17) is 9.72 Å². The molecule has 0 amide bonds. The van der Waals surface area contributed by atoms with Crippen molar-refractivity contribution in [2.24, 2.45) is 0 Å². The molecule has 8 heteroatoms. The minimum Gasteiger partial charge on any atom is -0.372 e. The molecule has 0 spiro atoms. The van der Waals surface area contributed by atoms with Crippen LogP contribution in [-0.4, -0.2) is 50.0 Å². The van der Waals surface area contributed by atoms with E-state index < -0.39 is 0 Å². The van der Waals surface area contributed by atoms with Crippen molar-refractivity contribution in [2.45, 2.75) is 45.9 Å². The molecule has 1 N–H and O–H groups in total. The maximum atomic E-state index is 5.83. The third-order valence-electron chi connectivity index (χ3n) is 5.57. The van der Waals surface area contributed by atoms with Crippen LogP contribution < -0.4 is 10.2 Å². The normalized spacial score (nSPS) is 19.5. The second kappa shape index (κ2) is 7.77. The second-order valence-corrected chi connectivity index (χ2v) is 8.51. The van der Waals surface area contributed by atoms with E-state index in [2.05, 4.69) is 65.1 Å². The summed E-state index contributed by atoms with van der Waals surface area (Å²) >= 11 is 0. The zero-order chi connectivity index (χ0) is 21.5. The Kier molecular flexibility index (Phi) is 4.94. The average molecular weight is 418 g/mol. The van der Waals surface area contributed by atoms with Crippen LogP contribution in [0.15, 0.2) is 42.9 Å². The monoisotopic (exact) mass is 417 g/mol. The fourth-order valence-corrected chi connectivity index (χ4v) is 4.23. The van der Waals surface area contributed by atoms with Crippen molar-refractivity contribution in [3.8, 4) is 0 Å². The van der Waals surface area contributed by atoms with E-state index in [9.17, 15) is 0 Å². The van der Waals surface area contributed by atoms with Gasteiger partial charge in [-0.1, -0.05) is 12.1 Å². The summed E-state index contributed by atoms with van der Waals surface area (Å²) in [5, 5.41) is 9.83. The summed E-state index contributed by atoms with van der Waals surface area (Å²) in [5.41, 5.74) is 3.00. The van der Waals surface area contributed by atoms with E-state index in [1.807, 2.05) is 35.4 Å². The number of hydrogen-bond acceptors (Lipinski definition) is 7. The molecule has 1 saturated heterocycles. The first-order valence-corrected chi connectivity index (χ1v) is 10.7. The van der Waals surface area contributed by atoms with Gasteiger partial charge in [-0.15, -0.1) is 0 Å². The number of fused-ring (bicyclic) bond motifs is 3. The standard InChI is InChI=1S/C23H27N7O/c1-14(2)30-22-18(10-26-30)6-5-17-9-25-23(28-21(17)22)27-20-8-7-19(11-24-20)29-12-15(3)31-16(4)13-29/h5-11,14-16H,12-13H2,1-4H3,(H,24,25,27,28)/t15-,16+. The lowest BCUT2D eigenvalue weighted by molar-refractivity contribution is -0.00523. The van der Waals surface area contributed by atoms with Gasteiger partial charge in [0.25, 0.3) is 0 Å². The lowest BCUT2D eigenvalue weighted by atomic mass is 10.2. The van der Waals surface area contributed by atoms with Crippen molar-refractivity contribution < 1.29 is 4.74 Å². The first kappa shape index (κ1) is 19.7. The molecule has 1 fully saturated rings. The summed E-state index contributed by atoms with van der Waals surface area (Å²) in [6, 6.07) is 8.38. The van der Waals surface area contributed by atoms with Gasteiger partial charge in [0.15, 0.2) is 0 Å². The highest BCUT2D eigenvalue weighted by molar-refractivity contribution is 6.03. The molecule has 31 heavy (non-hydrogen) atoms. The molecule has 0 aliphatic carbocycles. The van der Waals surface area contributed by atoms with Crippen molar-refractivity contribution in [2.75, 3.05) is 23.3 Å². The Labute approximate surface area is 181 Å². The molecular formula is C23H27N7O. The Balaban J connectivity index is 1.42. The van der Waals surface area contributed by atoms with Crippen LogP contribution in [0.5, 0.6) is 0 Å². The third-order valence-corrected chi connectivity index (χ3v) is 5.57. The van der Waals surface area contributed by atoms with Crippen LogP contribution in [0.3, 0.4) is 0 Å². The minimum absolute atomic E-state index is 0.212. The quantitative estimate of drug-likeness (QED) is 0.530. The smallest absolute Gasteiger partial charge is 0.228 e. The fourth-order valence-electron chi connectivity index (χ4n) is 4.23. The van der Waals surface area contributed by atoms with E-state index in [1.54, 1.807) is 0 Å². The number of hydrogen-bond donors (Lipinski definition) is 1. The molecule has 5 rings (SSSR count). The van der Waals surface area contributed by atoms with E-state index in [-0.39, 0.29) is 18.2 Å². The van der Waals surface area contributed by atoms with Gasteiger partial charge in [0.2, 0.25) is 5.95 Å². The summed E-state index contributed by atoms with van der Waals surface area (Å²) in [6.07, 6.45) is 6.04. The maximum absolute atomic E-state index is 5.83. The van der Waals surface area contributed by atoms with Gasteiger partial charge in [-0.05, 0) is 39.8 Å². The molecule has 2 atom stereocenters. The summed E-state index contributed by atoms with van der Waals surface area (Å²) in [6.45, 7) is 10.2. The third kappa shape index (κ3) is 3.79. The Morgan fingerprint density at radius 2 is 1.74 bits per heavy atom. The van der Waals surface area contributed by atoms with Crippen LogP contribution in [-0.2, 0) is 4.74 Å². The number of rotatable bonds is 4. The number of morpholine rings is 1. The molecule has 3 aromatic heterocycles. The molecular weight excluding hydrogens is 390 g/mol. The molecule has 4 aromatic rings. The first-order chi connectivity index (χ1) is 15.0. The molecule has 0 unspecified atom stereocenters. The van der Waals surface area contributed by atoms with Crippen molar-refractivity contribution in [1.29, 1.82) is 0 Å². The second-order valence-electron chi connectivity index (χ2n) is 8.51. The predicted octanol–water partition coefficient (Wildman–Crippen LogP) is 4.31. The summed E-state index contributed by atoms with van der Waals surface area (Å²) in [7, 11) is 0. The van der Waals surface area contributed by atoms with Gasteiger partial charge in [-0.25, -0.2) is 15.0 Å². The number of aromatic nitrogens is 5. The lowest BCUT2D eigenvalue weighted by Gasteiger charge is -2.36. The van der Waals surface area contributed by atoms with E-state index in [0.29, 0.717) is 11.8 Å². The Morgan fingerprint density at radius 1 is 0.968 bits per heavy atom. The van der Waals surface area contributed by atoms with E-state index in [0.717, 1.165) is 40.6 Å². The van der Waals surface area contributed by atoms with Crippen molar-refractivity contribution in [3.05, 3.63) is 42.9 Å². The molecule has 1 aromatic carbocycles. The summed E-state index contributed by atoms with van der Waals surface area (Å²) in [4.78, 5) is 16.2. The molecule has 1 aliphatic heterocycles. The van der Waals surface area contributed by atoms with Gasteiger partial charge in [-0.3, -0.25) is 4.68 Å². The van der Waals surface area contributed by atoms with Gasteiger partial charge < -0.3 is 15.0 Å². The van der Waals surface area contributed by atoms with Gasteiger partial charge in [0, 0.05) is 36.1 Å². The van der Waals surface area contributed by atoms with Gasteiger partial charge in [-0.2, -0.15) is 5.10 Å². The van der Waals surface area contributed by atoms with Crippen molar-refractivity contribution in [1.82, 2.24) is 24.7 Å². The van der Waals surface area contributed by atoms with E-state index in [1.165, 1.54) is 0 Å². The molecule has 1 aliphatic rings. The van der Waals surface area contributed by atoms with Crippen molar-refractivity contribution >= 4 is 39.3 Å². The highest BCUT2D eigenvalue weighted by Gasteiger charge is 2.22. The number of nitrogens with zero attached hydrogens (tertiary/aromatic N) is 6. The molecule has 0 radical (unpaired) electrons. The average Bonchev–Trinajstić information content (AvgIpc) is 3.19. The Bertz CT molecular complexity index is 1210. The zero-order valence-corrected chi connectivity index (χ0v) is 18.3. The summed E-state index contributed by atoms with van der Waals surface area (Å²) < 4.78 is 7.83. The van der Waals surface area contributed by atoms with Gasteiger partial charge >= 0.3 is 0 Å². The highest BCUT2D eigenvalue weighted by Crippen LogP contribution is 2.27. The van der Waals surface area contributed by atoms with Gasteiger partial charge in [0.05, 0.1) is 35.8 Å². The molecule has 160 valence electrons. The SMILES string of the molecule is CC(C)n1ncc2ccc3cnc(Nc4ccc(N5C[C@@H](C)O[C@@H](C)C5)cn4)nc3c21. The number of anilines is 3. The molecule has 0 saturated carbocycles. The molecule has 0 bridgehead atoms. The number of ether oxygens (including phenoxy) is 1. The van der Waals surface area contributed by atoms with Gasteiger partial charge in [0.1, 0.15) is 11.3 Å². The Hall–Kier alpha value is -3.26. The van der Waals surface area contributed by atoms with Crippen LogP contribution in [0.2, 0.25) is 0 Å². The maximum Gasteiger partial charge on any atom is 0.228 e.